The minimum Gasteiger partial charge on any atom is -0.497 e. The number of rotatable bonds is 5. The van der Waals surface area contributed by atoms with Crippen molar-refractivity contribution < 1.29 is 27.5 Å². The number of amides is 2. The van der Waals surface area contributed by atoms with Crippen LogP contribution in [0.4, 0.5) is 13.2 Å². The topological polar surface area (TPSA) is 81.4 Å². The van der Waals surface area contributed by atoms with Gasteiger partial charge in [0.05, 0.1) is 19.6 Å². The van der Waals surface area contributed by atoms with E-state index < -0.39 is 30.5 Å². The highest BCUT2D eigenvalue weighted by Gasteiger charge is 2.40. The van der Waals surface area contributed by atoms with E-state index in [9.17, 15) is 22.8 Å². The smallest absolute Gasteiger partial charge is 0.471 e. The molecule has 1 aromatic rings. The van der Waals surface area contributed by atoms with Crippen LogP contribution in [0.1, 0.15) is 18.0 Å². The number of benzene rings is 1. The van der Waals surface area contributed by atoms with Gasteiger partial charge in [-0.25, -0.2) is 0 Å². The number of alkyl halides is 3. The Morgan fingerprint density at radius 2 is 1.85 bits per heavy atom. The van der Waals surface area contributed by atoms with Crippen molar-refractivity contribution in [2.45, 2.75) is 18.6 Å². The molecule has 0 saturated carbocycles. The van der Waals surface area contributed by atoms with Gasteiger partial charge in [-0.05, 0) is 17.7 Å². The van der Waals surface area contributed by atoms with Crippen LogP contribution in [0.2, 0.25) is 0 Å². The van der Waals surface area contributed by atoms with Crippen LogP contribution in [0.25, 0.3) is 0 Å². The Kier molecular flexibility index (Phi) is 4.95. The second-order valence-electron chi connectivity index (χ2n) is 3.97. The number of carbonyl (C=O) groups is 2. The van der Waals surface area contributed by atoms with Crippen molar-refractivity contribution >= 4 is 11.8 Å². The summed E-state index contributed by atoms with van der Waals surface area (Å²) in [4.78, 5) is 21.8. The normalized spacial score (nSPS) is 12.6. The minimum atomic E-state index is -5.03. The van der Waals surface area contributed by atoms with E-state index in [-0.39, 0.29) is 0 Å². The van der Waals surface area contributed by atoms with Gasteiger partial charge in [0.15, 0.2) is 0 Å². The first-order valence-corrected chi connectivity index (χ1v) is 5.54. The number of hydrogen-bond acceptors (Lipinski definition) is 3. The van der Waals surface area contributed by atoms with Crippen LogP contribution in [-0.2, 0) is 9.59 Å². The van der Waals surface area contributed by atoms with Crippen molar-refractivity contribution in [2.75, 3.05) is 7.11 Å². The maximum atomic E-state index is 12.2. The third kappa shape index (κ3) is 4.45. The first-order valence-electron chi connectivity index (χ1n) is 5.54. The molecule has 3 N–H and O–H groups in total. The molecule has 0 unspecified atom stereocenters. The predicted octanol–water partition coefficient (Wildman–Crippen LogP) is 1.29. The molecule has 1 aromatic carbocycles. The Hall–Kier alpha value is -2.25. The summed E-state index contributed by atoms with van der Waals surface area (Å²) < 4.78 is 41.6. The van der Waals surface area contributed by atoms with E-state index >= 15 is 0 Å². The summed E-state index contributed by atoms with van der Waals surface area (Å²) in [5.74, 6) is -2.46. The van der Waals surface area contributed by atoms with Crippen molar-refractivity contribution in [1.82, 2.24) is 5.32 Å². The summed E-state index contributed by atoms with van der Waals surface area (Å²) in [6, 6.07) is 4.76. The number of hydrogen-bond donors (Lipinski definition) is 2. The van der Waals surface area contributed by atoms with Crippen molar-refractivity contribution in [2.24, 2.45) is 5.73 Å². The van der Waals surface area contributed by atoms with Crippen LogP contribution < -0.4 is 15.8 Å². The lowest BCUT2D eigenvalue weighted by Gasteiger charge is -2.19. The predicted molar refractivity (Wildman–Crippen MR) is 63.7 cm³/mol. The zero-order valence-corrected chi connectivity index (χ0v) is 10.5. The zero-order chi connectivity index (χ0) is 15.3. The van der Waals surface area contributed by atoms with Gasteiger partial charge < -0.3 is 15.8 Å². The maximum absolute atomic E-state index is 12.2. The van der Waals surface area contributed by atoms with Crippen LogP contribution in [0.3, 0.4) is 0 Å². The molecular weight excluding hydrogens is 277 g/mol. The van der Waals surface area contributed by atoms with Crippen molar-refractivity contribution in [3.63, 3.8) is 0 Å². The van der Waals surface area contributed by atoms with Crippen LogP contribution in [0.5, 0.6) is 5.75 Å². The standard InChI is InChI=1S/C12H13F3N2O3/c1-20-8-4-2-7(3-5-8)9(6-10(16)18)17-11(19)12(13,14)15/h2-5,9H,6H2,1H3,(H2,16,18)(H,17,19)/t9-/m1/s1. The van der Waals surface area contributed by atoms with E-state index in [0.717, 1.165) is 0 Å². The second-order valence-corrected chi connectivity index (χ2v) is 3.97. The van der Waals surface area contributed by atoms with Gasteiger partial charge in [0.25, 0.3) is 0 Å². The van der Waals surface area contributed by atoms with E-state index in [1.54, 1.807) is 5.32 Å². The van der Waals surface area contributed by atoms with Crippen LogP contribution in [0, 0.1) is 0 Å². The molecule has 0 fully saturated rings. The van der Waals surface area contributed by atoms with E-state index in [1.807, 2.05) is 0 Å². The second kappa shape index (κ2) is 6.27. The number of methoxy groups -OCH3 is 1. The van der Waals surface area contributed by atoms with E-state index in [0.29, 0.717) is 11.3 Å². The fraction of sp³-hybridized carbons (Fsp3) is 0.333. The molecule has 0 radical (unpaired) electrons. The van der Waals surface area contributed by atoms with Crippen molar-refractivity contribution in [1.29, 1.82) is 0 Å². The van der Waals surface area contributed by atoms with E-state index in [1.165, 1.54) is 31.4 Å². The SMILES string of the molecule is COc1ccc([C@@H](CC(N)=O)NC(=O)C(F)(F)F)cc1. The van der Waals surface area contributed by atoms with Crippen LogP contribution >= 0.6 is 0 Å². The molecule has 1 atom stereocenters. The molecule has 5 nitrogen and oxygen atoms in total. The van der Waals surface area contributed by atoms with Gasteiger partial charge >= 0.3 is 12.1 Å². The molecule has 0 aliphatic heterocycles. The molecule has 0 aliphatic carbocycles. The molecule has 0 saturated heterocycles. The van der Waals surface area contributed by atoms with Crippen LogP contribution in [0.15, 0.2) is 24.3 Å². The number of ether oxygens (including phenoxy) is 1. The molecule has 0 heterocycles. The lowest BCUT2D eigenvalue weighted by molar-refractivity contribution is -0.174. The maximum Gasteiger partial charge on any atom is 0.471 e. The monoisotopic (exact) mass is 290 g/mol. The summed E-state index contributed by atoms with van der Waals surface area (Å²) in [6.45, 7) is 0. The summed E-state index contributed by atoms with van der Waals surface area (Å²) in [6.07, 6.45) is -5.46. The molecule has 8 heteroatoms. The van der Waals surface area contributed by atoms with Gasteiger partial charge in [0, 0.05) is 0 Å². The highest BCUT2D eigenvalue weighted by atomic mass is 19.4. The Morgan fingerprint density at radius 1 is 1.30 bits per heavy atom. The quantitative estimate of drug-likeness (QED) is 0.857. The Morgan fingerprint density at radius 3 is 2.25 bits per heavy atom. The van der Waals surface area contributed by atoms with Crippen molar-refractivity contribution in [3.05, 3.63) is 29.8 Å². The third-order valence-corrected chi connectivity index (χ3v) is 2.49. The fourth-order valence-electron chi connectivity index (χ4n) is 1.53. The number of nitrogens with one attached hydrogen (secondary N) is 1. The molecule has 20 heavy (non-hydrogen) atoms. The lowest BCUT2D eigenvalue weighted by Crippen LogP contribution is -2.40. The van der Waals surface area contributed by atoms with Crippen molar-refractivity contribution in [3.8, 4) is 5.75 Å². The molecule has 1 rings (SSSR count). The van der Waals surface area contributed by atoms with Gasteiger partial charge in [0.2, 0.25) is 5.91 Å². The largest absolute Gasteiger partial charge is 0.497 e. The zero-order valence-electron chi connectivity index (χ0n) is 10.5. The lowest BCUT2D eigenvalue weighted by atomic mass is 10.0. The molecule has 110 valence electrons. The number of primary amides is 1. The Labute approximate surface area is 112 Å². The minimum absolute atomic E-state index is 0.321. The first kappa shape index (κ1) is 15.8. The van der Waals surface area contributed by atoms with E-state index in [4.69, 9.17) is 10.5 Å². The fourth-order valence-corrected chi connectivity index (χ4v) is 1.53. The molecule has 0 aliphatic rings. The summed E-state index contributed by atoms with van der Waals surface area (Å²) in [7, 11) is 1.43. The molecule has 2 amide bonds. The highest BCUT2D eigenvalue weighted by Crippen LogP contribution is 2.23. The van der Waals surface area contributed by atoms with Gasteiger partial charge in [-0.1, -0.05) is 12.1 Å². The highest BCUT2D eigenvalue weighted by molar-refractivity contribution is 5.83. The average Bonchev–Trinajstić information content (AvgIpc) is 2.36. The third-order valence-electron chi connectivity index (χ3n) is 2.49. The molecule has 0 spiro atoms. The Bertz CT molecular complexity index is 486. The van der Waals surface area contributed by atoms with E-state index in [2.05, 4.69) is 0 Å². The average molecular weight is 290 g/mol. The molecule has 0 bridgehead atoms. The number of carbonyl (C=O) groups excluding carboxylic acids is 2. The molecular formula is C12H13F3N2O3. The van der Waals surface area contributed by atoms with Gasteiger partial charge in [-0.2, -0.15) is 13.2 Å². The van der Waals surface area contributed by atoms with Gasteiger partial charge in [-0.15, -0.1) is 0 Å². The summed E-state index contributed by atoms with van der Waals surface area (Å²) >= 11 is 0. The molecule has 0 aromatic heterocycles. The summed E-state index contributed by atoms with van der Waals surface area (Å²) in [5.41, 5.74) is 5.30. The van der Waals surface area contributed by atoms with Gasteiger partial charge in [0.1, 0.15) is 5.75 Å². The van der Waals surface area contributed by atoms with Gasteiger partial charge in [-0.3, -0.25) is 9.59 Å². The van der Waals surface area contributed by atoms with Crippen LogP contribution in [-0.4, -0.2) is 25.1 Å². The summed E-state index contributed by atoms with van der Waals surface area (Å²) in [5, 5.41) is 1.74. The Balaban J connectivity index is 2.93. The number of halogens is 3. The number of nitrogens with two attached hydrogens (primary N) is 1. The first-order chi connectivity index (χ1) is 9.24.